The maximum atomic E-state index is 2.50. The van der Waals surface area contributed by atoms with Gasteiger partial charge in [-0.25, -0.2) is 0 Å². The van der Waals surface area contributed by atoms with Crippen LogP contribution in [0, 0.1) is 5.92 Å². The summed E-state index contributed by atoms with van der Waals surface area (Å²) in [5.74, 6) is 0.652. The molecule has 1 aliphatic rings. The summed E-state index contributed by atoms with van der Waals surface area (Å²) >= 11 is 0. The second-order valence-electron chi connectivity index (χ2n) is 8.04. The predicted octanol–water partition coefficient (Wildman–Crippen LogP) is 7.96. The van der Waals surface area contributed by atoms with Crippen LogP contribution in [0.15, 0.2) is 72.3 Å². The molecule has 0 amide bonds. The van der Waals surface area contributed by atoms with Gasteiger partial charge in [0.15, 0.2) is 0 Å². The molecule has 0 saturated carbocycles. The summed E-state index contributed by atoms with van der Waals surface area (Å²) in [6, 6.07) is 24.5. The zero-order valence-electron chi connectivity index (χ0n) is 17.3. The molecule has 28 heavy (non-hydrogen) atoms. The minimum atomic E-state index is 0.652. The highest BCUT2D eigenvalue weighted by Crippen LogP contribution is 2.42. The summed E-state index contributed by atoms with van der Waals surface area (Å²) in [5, 5.41) is 0. The van der Waals surface area contributed by atoms with E-state index < -0.39 is 0 Å². The average molecular weight is 367 g/mol. The number of fused-ring (bicyclic) bond motifs is 1. The zero-order chi connectivity index (χ0) is 19.5. The maximum Gasteiger partial charge on any atom is -0.00549 e. The number of hydrogen-bond donors (Lipinski definition) is 0. The summed E-state index contributed by atoms with van der Waals surface area (Å²) in [7, 11) is 0. The SMILES string of the molecule is CCCc1ccc2c(c1-c1ccccc1-c1ccccc1)C=C(C(C)CC)C2. The monoisotopic (exact) mass is 366 g/mol. The molecule has 142 valence electrons. The average Bonchev–Trinajstić information content (AvgIpc) is 3.18. The molecule has 0 bridgehead atoms. The first kappa shape index (κ1) is 18.7. The Balaban J connectivity index is 1.94. The molecule has 0 aliphatic heterocycles. The van der Waals surface area contributed by atoms with Gasteiger partial charge in [-0.05, 0) is 64.1 Å². The molecular formula is C28H30. The van der Waals surface area contributed by atoms with Gasteiger partial charge >= 0.3 is 0 Å². The Morgan fingerprint density at radius 3 is 2.25 bits per heavy atom. The van der Waals surface area contributed by atoms with Gasteiger partial charge in [0.05, 0.1) is 0 Å². The van der Waals surface area contributed by atoms with Gasteiger partial charge in [0.1, 0.15) is 0 Å². The van der Waals surface area contributed by atoms with Crippen LogP contribution < -0.4 is 0 Å². The standard InChI is InChI=1S/C28H30/c1-4-11-22-16-17-23-18-24(20(3)5-2)19-27(23)28(22)26-15-10-9-14-25(26)21-12-7-6-8-13-21/h6-10,12-17,19-20H,4-5,11,18H2,1-3H3. The van der Waals surface area contributed by atoms with Crippen molar-refractivity contribution in [2.75, 3.05) is 0 Å². The summed E-state index contributed by atoms with van der Waals surface area (Å²) in [6.07, 6.45) is 7.11. The van der Waals surface area contributed by atoms with Crippen molar-refractivity contribution >= 4 is 6.08 Å². The van der Waals surface area contributed by atoms with Crippen LogP contribution in [0.1, 0.15) is 50.3 Å². The fraction of sp³-hybridized carbons (Fsp3) is 0.286. The van der Waals surface area contributed by atoms with Crippen LogP contribution in [0.25, 0.3) is 28.3 Å². The number of benzene rings is 3. The van der Waals surface area contributed by atoms with Gasteiger partial charge in [-0.3, -0.25) is 0 Å². The number of hydrogen-bond acceptors (Lipinski definition) is 0. The summed E-state index contributed by atoms with van der Waals surface area (Å²) in [4.78, 5) is 0. The lowest BCUT2D eigenvalue weighted by Gasteiger charge is -2.18. The number of allylic oxidation sites excluding steroid dienone is 1. The third-order valence-corrected chi connectivity index (χ3v) is 6.19. The highest BCUT2D eigenvalue weighted by molar-refractivity contribution is 5.91. The maximum absolute atomic E-state index is 2.50. The lowest BCUT2D eigenvalue weighted by atomic mass is 9.86. The van der Waals surface area contributed by atoms with Crippen LogP contribution in [-0.2, 0) is 12.8 Å². The fourth-order valence-electron chi connectivity index (χ4n) is 4.43. The zero-order valence-corrected chi connectivity index (χ0v) is 17.3. The third kappa shape index (κ3) is 3.44. The van der Waals surface area contributed by atoms with Gasteiger partial charge in [-0.1, -0.05) is 106 Å². The van der Waals surface area contributed by atoms with E-state index in [1.165, 1.54) is 51.8 Å². The molecule has 0 heterocycles. The molecule has 3 aromatic carbocycles. The molecule has 3 aromatic rings. The van der Waals surface area contributed by atoms with Gasteiger partial charge in [0.2, 0.25) is 0 Å². The van der Waals surface area contributed by atoms with E-state index in [0.29, 0.717) is 5.92 Å². The van der Waals surface area contributed by atoms with E-state index in [4.69, 9.17) is 0 Å². The van der Waals surface area contributed by atoms with Crippen molar-refractivity contribution in [2.45, 2.75) is 46.5 Å². The first-order valence-electron chi connectivity index (χ1n) is 10.7. The third-order valence-electron chi connectivity index (χ3n) is 6.19. The van der Waals surface area contributed by atoms with Crippen LogP contribution >= 0.6 is 0 Å². The first-order chi connectivity index (χ1) is 13.7. The lowest BCUT2D eigenvalue weighted by molar-refractivity contribution is 0.647. The second kappa shape index (κ2) is 8.19. The van der Waals surface area contributed by atoms with Crippen molar-refractivity contribution < 1.29 is 0 Å². The number of rotatable bonds is 6. The molecule has 0 fully saturated rings. The van der Waals surface area contributed by atoms with Gasteiger partial charge in [0, 0.05) is 0 Å². The molecule has 0 radical (unpaired) electrons. The quantitative estimate of drug-likeness (QED) is 0.415. The Morgan fingerprint density at radius 1 is 0.821 bits per heavy atom. The summed E-state index contributed by atoms with van der Waals surface area (Å²) in [5.41, 5.74) is 11.5. The van der Waals surface area contributed by atoms with Crippen LogP contribution in [-0.4, -0.2) is 0 Å². The molecule has 0 heteroatoms. The Kier molecular flexibility index (Phi) is 5.48. The normalized spacial score (nSPS) is 13.9. The molecule has 1 unspecified atom stereocenters. The van der Waals surface area contributed by atoms with Crippen molar-refractivity contribution in [3.8, 4) is 22.3 Å². The summed E-state index contributed by atoms with van der Waals surface area (Å²) < 4.78 is 0. The van der Waals surface area contributed by atoms with Crippen molar-refractivity contribution in [1.82, 2.24) is 0 Å². The molecule has 4 rings (SSSR count). The highest BCUT2D eigenvalue weighted by Gasteiger charge is 2.23. The van der Waals surface area contributed by atoms with Crippen molar-refractivity contribution in [3.05, 3.63) is 89.0 Å². The van der Waals surface area contributed by atoms with E-state index in [0.717, 1.165) is 12.8 Å². The Morgan fingerprint density at radius 2 is 1.54 bits per heavy atom. The Labute approximate surface area is 169 Å². The predicted molar refractivity (Wildman–Crippen MR) is 122 cm³/mol. The molecule has 0 spiro atoms. The second-order valence-corrected chi connectivity index (χ2v) is 8.04. The molecule has 0 nitrogen and oxygen atoms in total. The van der Waals surface area contributed by atoms with E-state index in [9.17, 15) is 0 Å². The van der Waals surface area contributed by atoms with E-state index in [1.54, 1.807) is 5.57 Å². The molecule has 0 N–H and O–H groups in total. The highest BCUT2D eigenvalue weighted by atomic mass is 14.3. The van der Waals surface area contributed by atoms with E-state index in [1.807, 2.05) is 0 Å². The van der Waals surface area contributed by atoms with Crippen LogP contribution in [0.3, 0.4) is 0 Å². The minimum absolute atomic E-state index is 0.652. The Hall–Kier alpha value is -2.60. The topological polar surface area (TPSA) is 0 Å². The van der Waals surface area contributed by atoms with Gasteiger partial charge in [-0.2, -0.15) is 0 Å². The molecule has 1 aliphatic carbocycles. The van der Waals surface area contributed by atoms with E-state index in [-0.39, 0.29) is 0 Å². The molecule has 1 atom stereocenters. The molecular weight excluding hydrogens is 336 g/mol. The minimum Gasteiger partial charge on any atom is -0.0651 e. The summed E-state index contributed by atoms with van der Waals surface area (Å²) in [6.45, 7) is 6.94. The van der Waals surface area contributed by atoms with E-state index >= 15 is 0 Å². The van der Waals surface area contributed by atoms with Crippen LogP contribution in [0.2, 0.25) is 0 Å². The molecule has 0 saturated heterocycles. The van der Waals surface area contributed by atoms with Gasteiger partial charge in [-0.15, -0.1) is 0 Å². The fourth-order valence-corrected chi connectivity index (χ4v) is 4.43. The number of aryl methyl sites for hydroxylation is 1. The van der Waals surface area contributed by atoms with E-state index in [2.05, 4.69) is 93.6 Å². The van der Waals surface area contributed by atoms with Crippen molar-refractivity contribution in [2.24, 2.45) is 5.92 Å². The first-order valence-corrected chi connectivity index (χ1v) is 10.7. The van der Waals surface area contributed by atoms with Crippen molar-refractivity contribution in [3.63, 3.8) is 0 Å². The largest absolute Gasteiger partial charge is 0.0651 e. The van der Waals surface area contributed by atoms with Crippen LogP contribution in [0.4, 0.5) is 0 Å². The Bertz CT molecular complexity index is 992. The van der Waals surface area contributed by atoms with Crippen LogP contribution in [0.5, 0.6) is 0 Å². The lowest BCUT2D eigenvalue weighted by Crippen LogP contribution is -1.98. The van der Waals surface area contributed by atoms with Crippen molar-refractivity contribution in [1.29, 1.82) is 0 Å². The smallest absolute Gasteiger partial charge is 0.00549 e. The van der Waals surface area contributed by atoms with Gasteiger partial charge < -0.3 is 0 Å². The molecule has 0 aromatic heterocycles. The van der Waals surface area contributed by atoms with Gasteiger partial charge in [0.25, 0.3) is 0 Å².